The van der Waals surface area contributed by atoms with Crippen LogP contribution in [0.3, 0.4) is 0 Å². The second-order valence-corrected chi connectivity index (χ2v) is 12.1. The van der Waals surface area contributed by atoms with Crippen LogP contribution in [0.5, 0.6) is 6.01 Å². The highest BCUT2D eigenvalue weighted by Gasteiger charge is 2.50. The van der Waals surface area contributed by atoms with Gasteiger partial charge >= 0.3 is 6.01 Å². The van der Waals surface area contributed by atoms with E-state index < -0.39 is 35.9 Å². The largest absolute Gasteiger partial charge is 0.462 e. The van der Waals surface area contributed by atoms with Gasteiger partial charge in [-0.25, -0.2) is 17.6 Å². The highest BCUT2D eigenvalue weighted by atomic mass is 19.3. The molecule has 0 unspecified atom stereocenters. The first-order chi connectivity index (χ1) is 22.5. The average molecular weight is 647 g/mol. The topological polar surface area (TPSA) is 74.7 Å². The van der Waals surface area contributed by atoms with Crippen LogP contribution in [-0.2, 0) is 4.79 Å². The number of hydrogen-bond donors (Lipinski definition) is 0. The van der Waals surface area contributed by atoms with Gasteiger partial charge in [0.05, 0.1) is 10.9 Å². The molecule has 244 valence electrons. The van der Waals surface area contributed by atoms with Gasteiger partial charge in [-0.1, -0.05) is 43.2 Å². The number of piperidine rings is 1. The molecule has 0 bridgehead atoms. The number of pyridine rings is 1. The highest BCUT2D eigenvalue weighted by molar-refractivity contribution is 6.02. The lowest BCUT2D eigenvalue weighted by Crippen LogP contribution is -2.48. The highest BCUT2D eigenvalue weighted by Crippen LogP contribution is 2.38. The third-order valence-corrected chi connectivity index (χ3v) is 9.18. The molecule has 2 aromatic carbocycles. The molecule has 1 amide bonds. The molecule has 0 aliphatic carbocycles. The van der Waals surface area contributed by atoms with Crippen molar-refractivity contribution in [1.29, 1.82) is 0 Å². The van der Waals surface area contributed by atoms with Gasteiger partial charge in [0.2, 0.25) is 5.91 Å². The van der Waals surface area contributed by atoms with Gasteiger partial charge in [0, 0.05) is 49.7 Å². The van der Waals surface area contributed by atoms with Crippen LogP contribution in [-0.4, -0.2) is 89.0 Å². The molecule has 12 heteroatoms. The first kappa shape index (κ1) is 32.2. The van der Waals surface area contributed by atoms with E-state index in [0.717, 1.165) is 36.8 Å². The van der Waals surface area contributed by atoms with Crippen molar-refractivity contribution in [3.05, 3.63) is 66.4 Å². The van der Waals surface area contributed by atoms with E-state index in [1.807, 2.05) is 7.05 Å². The van der Waals surface area contributed by atoms with E-state index in [2.05, 4.69) is 32.4 Å². The second kappa shape index (κ2) is 12.8. The zero-order valence-corrected chi connectivity index (χ0v) is 26.1. The van der Waals surface area contributed by atoms with Crippen LogP contribution in [0.15, 0.2) is 49.2 Å². The molecule has 4 heterocycles. The third-order valence-electron chi connectivity index (χ3n) is 9.18. The van der Waals surface area contributed by atoms with E-state index in [1.54, 1.807) is 24.3 Å². The van der Waals surface area contributed by atoms with Crippen LogP contribution < -0.4 is 9.64 Å². The summed E-state index contributed by atoms with van der Waals surface area (Å²) in [6.45, 7) is 4.14. The van der Waals surface area contributed by atoms with E-state index in [9.17, 15) is 9.18 Å². The standard InChI is InChI=1S/C35H34F4N6O2/c1-5-23-26(36)14-13-21-10-9-12-24(29(21)23)31-30(37)32-25(18-40-31)33(42-34(41-32)47-20-22-11-7-8-16-43(22)3)44(4)19-27-35(38,39)15-17-45(27)28(46)6-2/h1,6,9-10,12-14,18,22,27H,2,7-8,11,15-17,19-20H2,3-4H3/t22-,27+/m0/s1. The number of rotatable bonds is 8. The van der Waals surface area contributed by atoms with Crippen molar-refractivity contribution in [1.82, 2.24) is 24.8 Å². The Balaban J connectivity index is 1.47. The van der Waals surface area contributed by atoms with Crippen molar-refractivity contribution in [3.63, 3.8) is 0 Å². The molecule has 6 rings (SSSR count). The maximum atomic E-state index is 16.7. The summed E-state index contributed by atoms with van der Waals surface area (Å²) in [5, 5.41) is 1.06. The fourth-order valence-electron chi connectivity index (χ4n) is 6.56. The van der Waals surface area contributed by atoms with Crippen molar-refractivity contribution in [2.24, 2.45) is 0 Å². The van der Waals surface area contributed by atoms with Crippen LogP contribution in [0.25, 0.3) is 32.9 Å². The number of carbonyl (C=O) groups is 1. The molecule has 2 saturated heterocycles. The van der Waals surface area contributed by atoms with Gasteiger partial charge in [-0.15, -0.1) is 6.42 Å². The first-order valence-electron chi connectivity index (χ1n) is 15.4. The quantitative estimate of drug-likeness (QED) is 0.136. The van der Waals surface area contributed by atoms with Gasteiger partial charge in [0.25, 0.3) is 5.92 Å². The van der Waals surface area contributed by atoms with Crippen LogP contribution in [0.2, 0.25) is 0 Å². The lowest BCUT2D eigenvalue weighted by molar-refractivity contribution is -0.130. The Labute approximate surface area is 270 Å². The number of benzene rings is 2. The number of amides is 1. The van der Waals surface area contributed by atoms with Gasteiger partial charge < -0.3 is 19.4 Å². The molecule has 0 N–H and O–H groups in total. The summed E-state index contributed by atoms with van der Waals surface area (Å²) in [4.78, 5) is 30.5. The van der Waals surface area contributed by atoms with E-state index in [1.165, 1.54) is 24.2 Å². The van der Waals surface area contributed by atoms with Gasteiger partial charge in [-0.3, -0.25) is 9.78 Å². The first-order valence-corrected chi connectivity index (χ1v) is 15.4. The number of anilines is 1. The number of aromatic nitrogens is 3. The fraction of sp³-hybridized carbons (Fsp3) is 0.371. The fourth-order valence-corrected chi connectivity index (χ4v) is 6.56. The molecule has 8 nitrogen and oxygen atoms in total. The number of fused-ring (bicyclic) bond motifs is 2. The molecule has 4 aromatic rings. The molecule has 2 aromatic heterocycles. The van der Waals surface area contributed by atoms with Gasteiger partial charge in [0.15, 0.2) is 5.82 Å². The maximum Gasteiger partial charge on any atom is 0.319 e. The molecule has 0 spiro atoms. The van der Waals surface area contributed by atoms with Gasteiger partial charge in [0.1, 0.15) is 35.5 Å². The Morgan fingerprint density at radius 3 is 2.77 bits per heavy atom. The van der Waals surface area contributed by atoms with Gasteiger partial charge in [-0.05, 0) is 44.0 Å². The summed E-state index contributed by atoms with van der Waals surface area (Å²) in [5.41, 5.74) is -0.0511. The van der Waals surface area contributed by atoms with Crippen LogP contribution in [0, 0.1) is 24.0 Å². The number of ether oxygens (including phenoxy) is 1. The monoisotopic (exact) mass is 646 g/mol. The molecule has 0 saturated carbocycles. The Bertz CT molecular complexity index is 1910. The second-order valence-electron chi connectivity index (χ2n) is 12.1. The molecule has 0 radical (unpaired) electrons. The molecule has 2 aliphatic rings. The van der Waals surface area contributed by atoms with Crippen LogP contribution in [0.4, 0.5) is 23.4 Å². The number of hydrogen-bond acceptors (Lipinski definition) is 7. The number of carbonyl (C=O) groups excluding carboxylic acids is 1. The zero-order valence-electron chi connectivity index (χ0n) is 26.1. The molecule has 2 fully saturated rings. The smallest absolute Gasteiger partial charge is 0.319 e. The van der Waals surface area contributed by atoms with E-state index >= 15 is 13.2 Å². The summed E-state index contributed by atoms with van der Waals surface area (Å²) < 4.78 is 67.6. The molecule has 2 atom stereocenters. The zero-order chi connectivity index (χ0) is 33.5. The SMILES string of the molecule is C#Cc1c(F)ccc2cccc(-c3ncc4c(N(C)C[C@H]5N(C(=O)C=C)CCC5(F)F)nc(OC[C@@H]5CCCCN5C)nc4c3F)c12. The Morgan fingerprint density at radius 2 is 2.02 bits per heavy atom. The minimum atomic E-state index is -3.17. The minimum Gasteiger partial charge on any atom is -0.462 e. The van der Waals surface area contributed by atoms with E-state index in [-0.39, 0.29) is 65.3 Å². The van der Waals surface area contributed by atoms with Crippen LogP contribution >= 0.6 is 0 Å². The van der Waals surface area contributed by atoms with Crippen LogP contribution in [0.1, 0.15) is 31.2 Å². The number of nitrogens with zero attached hydrogens (tertiary/aromatic N) is 6. The maximum absolute atomic E-state index is 16.7. The summed E-state index contributed by atoms with van der Waals surface area (Å²) in [6.07, 6.45) is 10.5. The summed E-state index contributed by atoms with van der Waals surface area (Å²) in [7, 11) is 3.53. The Morgan fingerprint density at radius 1 is 1.21 bits per heavy atom. The number of halogens is 4. The lowest BCUT2D eigenvalue weighted by Gasteiger charge is -2.32. The number of likely N-dealkylation sites (N-methyl/N-ethyl adjacent to an activating group) is 2. The number of terminal acetylenes is 1. The third kappa shape index (κ3) is 5.96. The molecule has 47 heavy (non-hydrogen) atoms. The molecule has 2 aliphatic heterocycles. The average Bonchev–Trinajstić information content (AvgIpc) is 3.36. The summed E-state index contributed by atoms with van der Waals surface area (Å²) in [6, 6.07) is 6.30. The Kier molecular flexibility index (Phi) is 8.76. The van der Waals surface area contributed by atoms with Crippen molar-refractivity contribution < 1.29 is 27.1 Å². The summed E-state index contributed by atoms with van der Waals surface area (Å²) in [5.74, 6) is -2.78. The van der Waals surface area contributed by atoms with Gasteiger partial charge in [-0.2, -0.15) is 9.97 Å². The van der Waals surface area contributed by atoms with Crippen molar-refractivity contribution >= 4 is 33.4 Å². The number of likely N-dealkylation sites (tertiary alicyclic amines) is 2. The molecular formula is C35H34F4N6O2. The Hall–Kier alpha value is -4.76. The summed E-state index contributed by atoms with van der Waals surface area (Å²) >= 11 is 0. The molecular weight excluding hydrogens is 612 g/mol. The van der Waals surface area contributed by atoms with E-state index in [0.29, 0.717) is 10.8 Å². The lowest BCUT2D eigenvalue weighted by atomic mass is 9.96. The number of alkyl halides is 2. The van der Waals surface area contributed by atoms with E-state index in [4.69, 9.17) is 11.2 Å². The van der Waals surface area contributed by atoms with Crippen molar-refractivity contribution in [3.8, 4) is 29.6 Å². The van der Waals surface area contributed by atoms with Crippen molar-refractivity contribution in [2.45, 2.75) is 43.7 Å². The van der Waals surface area contributed by atoms with Crippen molar-refractivity contribution in [2.75, 3.05) is 45.2 Å². The normalized spacial score (nSPS) is 19.6. The minimum absolute atomic E-state index is 0.0285. The predicted molar refractivity (Wildman–Crippen MR) is 172 cm³/mol. The predicted octanol–water partition coefficient (Wildman–Crippen LogP) is 5.83.